The van der Waals surface area contributed by atoms with E-state index in [4.69, 9.17) is 0 Å². The van der Waals surface area contributed by atoms with Crippen LogP contribution >= 0.6 is 0 Å². The standard InChI is InChI=1S/C24H28F3N.3C2H6/c1-4-7-17(3)28-16-15-22-21(9-6-10-23(22)28)20(8-5-2)18-11-13-19(14-12-18)24(25,26)27;3*1-2/h6,9-14,20H,3-5,7-8,15-16H2,1-2H3;3*1-2H3. The van der Waals surface area contributed by atoms with Crippen LogP contribution in [0.2, 0.25) is 0 Å². The van der Waals surface area contributed by atoms with Crippen LogP contribution in [0.4, 0.5) is 18.9 Å². The predicted molar refractivity (Wildman–Crippen MR) is 144 cm³/mol. The molecule has 1 aliphatic rings. The molecule has 2 aromatic rings. The average Bonchev–Trinajstić information content (AvgIpc) is 3.31. The zero-order chi connectivity index (χ0) is 26.3. The number of hydrogen-bond acceptors (Lipinski definition) is 1. The Morgan fingerprint density at radius 3 is 2.00 bits per heavy atom. The molecule has 0 N–H and O–H groups in total. The molecule has 0 aromatic heterocycles. The Hall–Kier alpha value is -2.23. The van der Waals surface area contributed by atoms with Gasteiger partial charge in [-0.25, -0.2) is 0 Å². The van der Waals surface area contributed by atoms with Crippen LogP contribution in [0.15, 0.2) is 54.7 Å². The number of fused-ring (bicyclic) bond motifs is 1. The SMILES string of the molecule is C=C(CCC)N1CCc2c(C(CCC)c3ccc(C(F)(F)F)cc3)cccc21.CC.CC.CC. The summed E-state index contributed by atoms with van der Waals surface area (Å²) in [5.41, 5.74) is 5.27. The lowest BCUT2D eigenvalue weighted by molar-refractivity contribution is -0.137. The minimum absolute atomic E-state index is 0.113. The molecule has 0 saturated carbocycles. The topological polar surface area (TPSA) is 3.24 Å². The van der Waals surface area contributed by atoms with Gasteiger partial charge in [-0.15, -0.1) is 0 Å². The van der Waals surface area contributed by atoms with E-state index < -0.39 is 11.7 Å². The van der Waals surface area contributed by atoms with Crippen LogP contribution < -0.4 is 4.90 Å². The molecule has 1 nitrogen and oxygen atoms in total. The van der Waals surface area contributed by atoms with E-state index in [1.54, 1.807) is 12.1 Å². The van der Waals surface area contributed by atoms with E-state index in [9.17, 15) is 13.2 Å². The van der Waals surface area contributed by atoms with Gasteiger partial charge in [0, 0.05) is 23.8 Å². The van der Waals surface area contributed by atoms with Gasteiger partial charge >= 0.3 is 6.18 Å². The maximum atomic E-state index is 12.9. The molecule has 0 spiro atoms. The van der Waals surface area contributed by atoms with E-state index in [-0.39, 0.29) is 5.92 Å². The molecule has 0 radical (unpaired) electrons. The van der Waals surface area contributed by atoms with Gasteiger partial charge in [0.15, 0.2) is 0 Å². The van der Waals surface area contributed by atoms with Crippen LogP contribution in [0, 0.1) is 0 Å². The molecule has 0 amide bonds. The number of anilines is 1. The second-order valence-electron chi connectivity index (χ2n) is 7.52. The van der Waals surface area contributed by atoms with Gasteiger partial charge in [0.25, 0.3) is 0 Å². The molecule has 3 rings (SSSR count). The summed E-state index contributed by atoms with van der Waals surface area (Å²) in [6, 6.07) is 12.0. The molecule has 1 heterocycles. The summed E-state index contributed by atoms with van der Waals surface area (Å²) in [7, 11) is 0. The maximum Gasteiger partial charge on any atom is 0.416 e. The van der Waals surface area contributed by atoms with Gasteiger partial charge in [-0.2, -0.15) is 13.2 Å². The summed E-state index contributed by atoms with van der Waals surface area (Å²) in [5.74, 6) is 0.113. The molecular formula is C30H46F3N. The minimum atomic E-state index is -4.30. The van der Waals surface area contributed by atoms with Crippen molar-refractivity contribution in [2.75, 3.05) is 11.4 Å². The van der Waals surface area contributed by atoms with E-state index in [2.05, 4.69) is 43.5 Å². The smallest absolute Gasteiger partial charge is 0.345 e. The first-order valence-electron chi connectivity index (χ1n) is 13.1. The molecule has 1 unspecified atom stereocenters. The van der Waals surface area contributed by atoms with Crippen molar-refractivity contribution in [3.05, 3.63) is 77.0 Å². The molecule has 0 aliphatic carbocycles. The van der Waals surface area contributed by atoms with Crippen molar-refractivity contribution < 1.29 is 13.2 Å². The Morgan fingerprint density at radius 2 is 1.50 bits per heavy atom. The first kappa shape index (κ1) is 31.8. The zero-order valence-electron chi connectivity index (χ0n) is 22.6. The third kappa shape index (κ3) is 8.21. The van der Waals surface area contributed by atoms with Crippen molar-refractivity contribution in [2.45, 2.75) is 99.6 Å². The normalized spacial score (nSPS) is 12.7. The Kier molecular flexibility index (Phi) is 15.3. The molecule has 0 fully saturated rings. The molecule has 192 valence electrons. The highest BCUT2D eigenvalue weighted by Crippen LogP contribution is 2.41. The molecular weight excluding hydrogens is 431 g/mol. The van der Waals surface area contributed by atoms with Gasteiger partial charge in [0.2, 0.25) is 0 Å². The largest absolute Gasteiger partial charge is 0.416 e. The summed E-state index contributed by atoms with van der Waals surface area (Å²) in [4.78, 5) is 2.30. The van der Waals surface area contributed by atoms with Crippen LogP contribution in [0.5, 0.6) is 0 Å². The molecule has 2 aromatic carbocycles. The Morgan fingerprint density at radius 1 is 0.912 bits per heavy atom. The van der Waals surface area contributed by atoms with Crippen molar-refractivity contribution in [1.82, 2.24) is 0 Å². The monoisotopic (exact) mass is 477 g/mol. The molecule has 34 heavy (non-hydrogen) atoms. The highest BCUT2D eigenvalue weighted by molar-refractivity contribution is 5.65. The molecule has 4 heteroatoms. The van der Waals surface area contributed by atoms with Gasteiger partial charge in [0.1, 0.15) is 0 Å². The van der Waals surface area contributed by atoms with Crippen LogP contribution in [0.1, 0.15) is 109 Å². The predicted octanol–water partition coefficient (Wildman–Crippen LogP) is 10.4. The van der Waals surface area contributed by atoms with E-state index in [0.717, 1.165) is 49.9 Å². The van der Waals surface area contributed by atoms with Crippen molar-refractivity contribution in [3.63, 3.8) is 0 Å². The summed E-state index contributed by atoms with van der Waals surface area (Å²) in [6.07, 6.45) is 0.580. The second-order valence-corrected chi connectivity index (χ2v) is 7.52. The zero-order valence-corrected chi connectivity index (χ0v) is 22.6. The van der Waals surface area contributed by atoms with Crippen molar-refractivity contribution in [3.8, 4) is 0 Å². The number of benzene rings is 2. The highest BCUT2D eigenvalue weighted by Gasteiger charge is 2.31. The van der Waals surface area contributed by atoms with Crippen LogP contribution in [-0.2, 0) is 12.6 Å². The lowest BCUT2D eigenvalue weighted by Crippen LogP contribution is -2.18. The minimum Gasteiger partial charge on any atom is -0.345 e. The fourth-order valence-electron chi connectivity index (χ4n) is 4.23. The Labute approximate surface area is 207 Å². The molecule has 1 aliphatic heterocycles. The van der Waals surface area contributed by atoms with E-state index >= 15 is 0 Å². The molecule has 0 saturated heterocycles. The first-order chi connectivity index (χ1) is 16.4. The number of allylic oxidation sites excluding steroid dienone is 1. The van der Waals surface area contributed by atoms with Crippen molar-refractivity contribution in [2.24, 2.45) is 0 Å². The fourth-order valence-corrected chi connectivity index (χ4v) is 4.23. The van der Waals surface area contributed by atoms with E-state index in [0.29, 0.717) is 0 Å². The number of hydrogen-bond donors (Lipinski definition) is 0. The lowest BCUT2D eigenvalue weighted by atomic mass is 9.84. The second kappa shape index (κ2) is 16.4. The molecule has 1 atom stereocenters. The third-order valence-electron chi connectivity index (χ3n) is 5.58. The number of halogens is 3. The summed E-state index contributed by atoms with van der Waals surface area (Å²) >= 11 is 0. The summed E-state index contributed by atoms with van der Waals surface area (Å²) in [6.45, 7) is 21.4. The van der Waals surface area contributed by atoms with Gasteiger partial charge in [-0.05, 0) is 54.2 Å². The quantitative estimate of drug-likeness (QED) is 0.383. The van der Waals surface area contributed by atoms with Crippen LogP contribution in [-0.4, -0.2) is 6.54 Å². The summed E-state index contributed by atoms with van der Waals surface area (Å²) in [5, 5.41) is 0. The number of rotatable bonds is 7. The Balaban J connectivity index is 0.00000168. The third-order valence-corrected chi connectivity index (χ3v) is 5.58. The number of alkyl halides is 3. The van der Waals surface area contributed by atoms with E-state index in [1.165, 1.54) is 28.9 Å². The van der Waals surface area contributed by atoms with Gasteiger partial charge < -0.3 is 4.90 Å². The van der Waals surface area contributed by atoms with Crippen LogP contribution in [0.25, 0.3) is 0 Å². The average molecular weight is 478 g/mol. The van der Waals surface area contributed by atoms with Gasteiger partial charge in [0.05, 0.1) is 5.56 Å². The van der Waals surface area contributed by atoms with Gasteiger partial charge in [-0.3, -0.25) is 0 Å². The Bertz CT molecular complexity index is 822. The highest BCUT2D eigenvalue weighted by atomic mass is 19.4. The van der Waals surface area contributed by atoms with Gasteiger partial charge in [-0.1, -0.05) is 99.1 Å². The first-order valence-corrected chi connectivity index (χ1v) is 13.1. The maximum absolute atomic E-state index is 12.9. The summed E-state index contributed by atoms with van der Waals surface area (Å²) < 4.78 is 38.8. The van der Waals surface area contributed by atoms with Crippen LogP contribution in [0.3, 0.4) is 0 Å². The fraction of sp³-hybridized carbons (Fsp3) is 0.533. The van der Waals surface area contributed by atoms with Crippen molar-refractivity contribution >= 4 is 5.69 Å². The van der Waals surface area contributed by atoms with E-state index in [1.807, 2.05) is 41.5 Å². The lowest BCUT2D eigenvalue weighted by Gasteiger charge is -2.24. The van der Waals surface area contributed by atoms with Crippen molar-refractivity contribution in [1.29, 1.82) is 0 Å². The number of nitrogens with zero attached hydrogens (tertiary/aromatic N) is 1. The molecule has 0 bridgehead atoms.